The Kier molecular flexibility index (Phi) is 6.88. The molecular weight excluding hydrogens is 498 g/mol. The van der Waals surface area contributed by atoms with E-state index in [1.807, 2.05) is 12.1 Å². The lowest BCUT2D eigenvalue weighted by molar-refractivity contribution is 0.0730. The molecule has 11 heteroatoms. The molecule has 0 N–H and O–H groups in total. The first-order valence-corrected chi connectivity index (χ1v) is 13.7. The van der Waals surface area contributed by atoms with Crippen LogP contribution in [0.15, 0.2) is 47.4 Å². The van der Waals surface area contributed by atoms with Gasteiger partial charge in [0.25, 0.3) is 5.91 Å². The fraction of sp³-hybridized carbons (Fsp3) is 0.391. The van der Waals surface area contributed by atoms with E-state index in [9.17, 15) is 13.2 Å². The van der Waals surface area contributed by atoms with Crippen molar-refractivity contribution in [3.05, 3.63) is 53.1 Å². The van der Waals surface area contributed by atoms with Crippen LogP contribution in [-0.4, -0.2) is 69.2 Å². The number of morpholine rings is 1. The van der Waals surface area contributed by atoms with Gasteiger partial charge in [-0.3, -0.25) is 9.69 Å². The summed E-state index contributed by atoms with van der Waals surface area (Å²) in [4.78, 5) is 20.0. The predicted octanol–water partition coefficient (Wildman–Crippen LogP) is 3.80. The number of ether oxygens (including phenoxy) is 2. The smallest absolute Gasteiger partial charge is 0.260 e. The number of nitrogens with zero attached hydrogens (tertiary/aromatic N) is 3. The van der Waals surface area contributed by atoms with E-state index in [4.69, 9.17) is 21.1 Å². The van der Waals surface area contributed by atoms with Crippen molar-refractivity contribution in [1.29, 1.82) is 0 Å². The zero-order valence-corrected chi connectivity index (χ0v) is 20.7. The van der Waals surface area contributed by atoms with Crippen LogP contribution in [0.3, 0.4) is 0 Å². The summed E-state index contributed by atoms with van der Waals surface area (Å²) in [5, 5.41) is 1.17. The fourth-order valence-electron chi connectivity index (χ4n) is 4.10. The molecule has 2 saturated heterocycles. The third kappa shape index (κ3) is 4.84. The summed E-state index contributed by atoms with van der Waals surface area (Å²) in [5.74, 6) is -0.254. The number of hydrogen-bond donors (Lipinski definition) is 0. The minimum Gasteiger partial charge on any atom is -0.379 e. The van der Waals surface area contributed by atoms with Crippen molar-refractivity contribution in [2.45, 2.75) is 23.8 Å². The van der Waals surface area contributed by atoms with Crippen LogP contribution >= 0.6 is 22.9 Å². The first-order chi connectivity index (χ1) is 16.4. The van der Waals surface area contributed by atoms with Crippen LogP contribution in [0.5, 0.6) is 0 Å². The Balaban J connectivity index is 1.43. The summed E-state index contributed by atoms with van der Waals surface area (Å²) >= 11 is 7.52. The Morgan fingerprint density at radius 3 is 2.62 bits per heavy atom. The van der Waals surface area contributed by atoms with Crippen molar-refractivity contribution in [1.82, 2.24) is 9.29 Å². The molecule has 0 bridgehead atoms. The average Bonchev–Trinajstić information content (AvgIpc) is 3.52. The standard InChI is InChI=1S/C23H24ClN3O5S2/c24-17-5-8-20-21(14-17)33-23(25-20)27(15-18-2-1-11-32-18)22(28)16-3-6-19(7-4-16)34(29,30)26-9-12-31-13-10-26/h3-8,14,18H,1-2,9-13,15H2. The molecule has 2 aliphatic heterocycles. The number of aromatic nitrogens is 1. The number of sulfonamides is 1. The van der Waals surface area contributed by atoms with Gasteiger partial charge in [-0.05, 0) is 55.3 Å². The molecule has 0 aliphatic carbocycles. The van der Waals surface area contributed by atoms with Crippen molar-refractivity contribution in [2.75, 3.05) is 44.4 Å². The van der Waals surface area contributed by atoms with Crippen molar-refractivity contribution in [3.8, 4) is 0 Å². The van der Waals surface area contributed by atoms with Gasteiger partial charge in [-0.25, -0.2) is 13.4 Å². The molecule has 2 fully saturated rings. The van der Waals surface area contributed by atoms with Gasteiger partial charge in [-0.15, -0.1) is 0 Å². The van der Waals surface area contributed by atoms with E-state index in [1.165, 1.54) is 27.8 Å². The highest BCUT2D eigenvalue weighted by Crippen LogP contribution is 2.32. The summed E-state index contributed by atoms with van der Waals surface area (Å²) < 4.78 is 39.2. The van der Waals surface area contributed by atoms with Crippen LogP contribution < -0.4 is 4.90 Å². The van der Waals surface area contributed by atoms with Crippen molar-refractivity contribution in [3.63, 3.8) is 0 Å². The van der Waals surface area contributed by atoms with Gasteiger partial charge in [0.05, 0.1) is 41.0 Å². The van der Waals surface area contributed by atoms with E-state index in [2.05, 4.69) is 4.98 Å². The number of thiazole rings is 1. The topological polar surface area (TPSA) is 89.0 Å². The molecule has 0 spiro atoms. The normalized spacial score (nSPS) is 19.5. The number of carbonyl (C=O) groups is 1. The first kappa shape index (κ1) is 23.7. The molecule has 1 atom stereocenters. The lowest BCUT2D eigenvalue weighted by Gasteiger charge is -2.26. The molecule has 2 aliphatic rings. The molecule has 34 heavy (non-hydrogen) atoms. The molecule has 1 amide bonds. The zero-order valence-electron chi connectivity index (χ0n) is 18.4. The highest BCUT2D eigenvalue weighted by atomic mass is 35.5. The summed E-state index contributed by atoms with van der Waals surface area (Å²) in [5.41, 5.74) is 1.15. The average molecular weight is 522 g/mol. The highest BCUT2D eigenvalue weighted by molar-refractivity contribution is 7.89. The van der Waals surface area contributed by atoms with E-state index in [0.29, 0.717) is 55.2 Å². The van der Waals surface area contributed by atoms with E-state index < -0.39 is 10.0 Å². The second-order valence-electron chi connectivity index (χ2n) is 8.20. The third-order valence-electron chi connectivity index (χ3n) is 5.93. The van der Waals surface area contributed by atoms with Crippen LogP contribution in [0, 0.1) is 0 Å². The van der Waals surface area contributed by atoms with E-state index in [1.54, 1.807) is 23.1 Å². The number of hydrogen-bond acceptors (Lipinski definition) is 7. The SMILES string of the molecule is O=C(c1ccc(S(=O)(=O)N2CCOCC2)cc1)N(CC1CCCO1)c1nc2ccc(Cl)cc2s1. The van der Waals surface area contributed by atoms with Gasteiger partial charge in [-0.1, -0.05) is 22.9 Å². The number of amides is 1. The molecule has 1 unspecified atom stereocenters. The van der Waals surface area contributed by atoms with E-state index in [-0.39, 0.29) is 16.9 Å². The minimum atomic E-state index is -3.63. The Hall–Kier alpha value is -2.08. The zero-order chi connectivity index (χ0) is 23.7. The molecule has 180 valence electrons. The maximum absolute atomic E-state index is 13.6. The molecular formula is C23H24ClN3O5S2. The van der Waals surface area contributed by atoms with Crippen LogP contribution in [0.25, 0.3) is 10.2 Å². The summed E-state index contributed by atoms with van der Waals surface area (Å²) in [6, 6.07) is 11.5. The number of benzene rings is 2. The van der Waals surface area contributed by atoms with E-state index >= 15 is 0 Å². The van der Waals surface area contributed by atoms with Gasteiger partial charge >= 0.3 is 0 Å². The summed E-state index contributed by atoms with van der Waals surface area (Å²) in [6.07, 6.45) is 1.76. The summed E-state index contributed by atoms with van der Waals surface area (Å²) in [6.45, 7) is 2.44. The fourth-order valence-corrected chi connectivity index (χ4v) is 6.76. The molecule has 0 radical (unpaired) electrons. The van der Waals surface area contributed by atoms with Gasteiger partial charge in [0.2, 0.25) is 10.0 Å². The predicted molar refractivity (Wildman–Crippen MR) is 131 cm³/mol. The van der Waals surface area contributed by atoms with Gasteiger partial charge in [0, 0.05) is 30.3 Å². The first-order valence-electron chi connectivity index (χ1n) is 11.1. The third-order valence-corrected chi connectivity index (χ3v) is 9.12. The van der Waals surface area contributed by atoms with Crippen molar-refractivity contribution in [2.24, 2.45) is 0 Å². The Morgan fingerprint density at radius 1 is 1.15 bits per heavy atom. The quantitative estimate of drug-likeness (QED) is 0.490. The Morgan fingerprint density at radius 2 is 1.91 bits per heavy atom. The largest absolute Gasteiger partial charge is 0.379 e. The molecule has 5 rings (SSSR count). The van der Waals surface area contributed by atoms with Crippen LogP contribution in [-0.2, 0) is 19.5 Å². The van der Waals surface area contributed by atoms with Crippen molar-refractivity contribution < 1.29 is 22.7 Å². The lowest BCUT2D eigenvalue weighted by Crippen LogP contribution is -2.40. The molecule has 3 aromatic rings. The van der Waals surface area contributed by atoms with Gasteiger partial charge in [0.15, 0.2) is 5.13 Å². The van der Waals surface area contributed by atoms with Gasteiger partial charge in [0.1, 0.15) is 0 Å². The maximum Gasteiger partial charge on any atom is 0.260 e. The molecule has 3 heterocycles. The highest BCUT2D eigenvalue weighted by Gasteiger charge is 2.29. The summed E-state index contributed by atoms with van der Waals surface area (Å²) in [7, 11) is -3.63. The van der Waals surface area contributed by atoms with Crippen LogP contribution in [0.2, 0.25) is 5.02 Å². The van der Waals surface area contributed by atoms with Crippen LogP contribution in [0.1, 0.15) is 23.2 Å². The Bertz CT molecular complexity index is 1280. The molecule has 2 aromatic carbocycles. The minimum absolute atomic E-state index is 0.0690. The number of rotatable bonds is 6. The Labute approximate surface area is 207 Å². The number of fused-ring (bicyclic) bond motifs is 1. The van der Waals surface area contributed by atoms with E-state index in [0.717, 1.165) is 23.1 Å². The number of halogens is 1. The van der Waals surface area contributed by atoms with Gasteiger partial charge < -0.3 is 9.47 Å². The lowest BCUT2D eigenvalue weighted by atomic mass is 10.2. The monoisotopic (exact) mass is 521 g/mol. The second-order valence-corrected chi connectivity index (χ2v) is 11.6. The maximum atomic E-state index is 13.6. The second kappa shape index (κ2) is 9.88. The molecule has 1 aromatic heterocycles. The molecule has 0 saturated carbocycles. The number of carbonyl (C=O) groups excluding carboxylic acids is 1. The van der Waals surface area contributed by atoms with Gasteiger partial charge in [-0.2, -0.15) is 4.31 Å². The van der Waals surface area contributed by atoms with Crippen LogP contribution in [0.4, 0.5) is 5.13 Å². The number of anilines is 1. The molecule has 8 nitrogen and oxygen atoms in total. The van der Waals surface area contributed by atoms with Crippen molar-refractivity contribution >= 4 is 54.2 Å².